The molecule has 0 aliphatic carbocycles. The summed E-state index contributed by atoms with van der Waals surface area (Å²) in [7, 11) is -2.00. The third kappa shape index (κ3) is 7.54. The minimum atomic E-state index is -3.63. The summed E-state index contributed by atoms with van der Waals surface area (Å²) in [6.45, 7) is 10.1. The monoisotopic (exact) mass is 528 g/mol. The number of sulfone groups is 1. The standard InChI is InChI=1S/C27H36N4O3S2/c1-20(2)16-30(26(35)29-23-11-13-25(34-5)14-12-23)18-24-15-28-27(31(24)17-21(3)4)36(32,33)19-22-9-7-6-8-10-22/h6-15,20-21H,16-19H2,1-5H3,(H,29,35). The summed E-state index contributed by atoms with van der Waals surface area (Å²) in [5.41, 5.74) is 2.41. The number of rotatable bonds is 11. The van der Waals surface area contributed by atoms with Crippen LogP contribution in [0.2, 0.25) is 0 Å². The molecule has 1 heterocycles. The van der Waals surface area contributed by atoms with Crippen molar-refractivity contribution in [2.24, 2.45) is 11.8 Å². The van der Waals surface area contributed by atoms with Crippen LogP contribution in [0.15, 0.2) is 66.0 Å². The SMILES string of the molecule is COc1ccc(NC(=S)N(Cc2cnc(S(=O)(=O)Cc3ccccc3)n2CC(C)C)CC(C)C)cc1. The summed E-state index contributed by atoms with van der Waals surface area (Å²) in [6, 6.07) is 16.8. The van der Waals surface area contributed by atoms with Crippen LogP contribution in [0.1, 0.15) is 39.0 Å². The maximum absolute atomic E-state index is 13.4. The second-order valence-electron chi connectivity index (χ2n) is 9.71. The van der Waals surface area contributed by atoms with Crippen molar-refractivity contribution in [3.05, 3.63) is 72.1 Å². The second kappa shape index (κ2) is 12.4. The molecule has 0 amide bonds. The molecule has 0 aliphatic heterocycles. The number of thiocarbonyl (C=S) groups is 1. The van der Waals surface area contributed by atoms with Crippen LogP contribution in [0.4, 0.5) is 5.69 Å². The molecule has 0 fully saturated rings. The topological polar surface area (TPSA) is 76.5 Å². The van der Waals surface area contributed by atoms with Gasteiger partial charge in [-0.3, -0.25) is 0 Å². The molecule has 0 bridgehead atoms. The molecule has 194 valence electrons. The number of imidazole rings is 1. The highest BCUT2D eigenvalue weighted by atomic mass is 32.2. The van der Waals surface area contributed by atoms with Gasteiger partial charge in [0.2, 0.25) is 15.0 Å². The molecule has 2 aromatic carbocycles. The maximum atomic E-state index is 13.4. The first-order valence-corrected chi connectivity index (χ1v) is 14.2. The molecule has 9 heteroatoms. The first-order chi connectivity index (χ1) is 17.1. The Hall–Kier alpha value is -2.91. The van der Waals surface area contributed by atoms with E-state index in [2.05, 4.69) is 42.9 Å². The van der Waals surface area contributed by atoms with Gasteiger partial charge in [0, 0.05) is 18.8 Å². The molecule has 0 saturated carbocycles. The zero-order valence-corrected chi connectivity index (χ0v) is 23.3. The zero-order valence-electron chi connectivity index (χ0n) is 21.6. The molecule has 36 heavy (non-hydrogen) atoms. The third-order valence-electron chi connectivity index (χ3n) is 5.49. The molecular weight excluding hydrogens is 492 g/mol. The summed E-state index contributed by atoms with van der Waals surface area (Å²) in [6.07, 6.45) is 1.67. The largest absolute Gasteiger partial charge is 0.497 e. The minimum Gasteiger partial charge on any atom is -0.497 e. The number of methoxy groups -OCH3 is 1. The molecule has 0 unspecified atom stereocenters. The molecule has 3 rings (SSSR count). The molecule has 1 aromatic heterocycles. The summed E-state index contributed by atoms with van der Waals surface area (Å²) < 4.78 is 33.8. The van der Waals surface area contributed by atoms with Crippen molar-refractivity contribution < 1.29 is 13.2 Å². The van der Waals surface area contributed by atoms with Crippen molar-refractivity contribution in [2.45, 2.75) is 51.7 Å². The Kier molecular flexibility index (Phi) is 9.50. The minimum absolute atomic E-state index is 0.0878. The fourth-order valence-corrected chi connectivity index (χ4v) is 5.68. The number of anilines is 1. The second-order valence-corrected chi connectivity index (χ2v) is 12.0. The molecular formula is C27H36N4O3S2. The van der Waals surface area contributed by atoms with Crippen LogP contribution in [-0.4, -0.2) is 41.6 Å². The van der Waals surface area contributed by atoms with Gasteiger partial charge in [0.15, 0.2) is 5.11 Å². The van der Waals surface area contributed by atoms with Crippen LogP contribution < -0.4 is 10.1 Å². The molecule has 7 nitrogen and oxygen atoms in total. The molecule has 0 saturated heterocycles. The van der Waals surface area contributed by atoms with Crippen LogP contribution >= 0.6 is 12.2 Å². The quantitative estimate of drug-likeness (QED) is 0.335. The number of nitrogens with zero attached hydrogens (tertiary/aromatic N) is 3. The Balaban J connectivity index is 1.88. The van der Waals surface area contributed by atoms with Gasteiger partial charge in [0.1, 0.15) is 5.75 Å². The van der Waals surface area contributed by atoms with Gasteiger partial charge in [0.25, 0.3) is 0 Å². The lowest BCUT2D eigenvalue weighted by atomic mass is 10.2. The Morgan fingerprint density at radius 3 is 2.31 bits per heavy atom. The van der Waals surface area contributed by atoms with Crippen molar-refractivity contribution in [3.8, 4) is 5.75 Å². The number of hydrogen-bond acceptors (Lipinski definition) is 5. The van der Waals surface area contributed by atoms with E-state index in [1.54, 1.807) is 13.3 Å². The van der Waals surface area contributed by atoms with E-state index in [0.717, 1.165) is 22.7 Å². The van der Waals surface area contributed by atoms with Crippen molar-refractivity contribution in [2.75, 3.05) is 19.0 Å². The van der Waals surface area contributed by atoms with Crippen LogP contribution in [0, 0.1) is 11.8 Å². The van der Waals surface area contributed by atoms with Gasteiger partial charge in [-0.1, -0.05) is 58.0 Å². The van der Waals surface area contributed by atoms with Gasteiger partial charge in [-0.25, -0.2) is 13.4 Å². The van der Waals surface area contributed by atoms with E-state index in [1.165, 1.54) is 0 Å². The lowest BCUT2D eigenvalue weighted by molar-refractivity contribution is 0.347. The summed E-state index contributed by atoms with van der Waals surface area (Å²) >= 11 is 5.77. The average Bonchev–Trinajstić information content (AvgIpc) is 3.21. The Labute approximate surface area is 220 Å². The van der Waals surface area contributed by atoms with Gasteiger partial charge < -0.3 is 19.5 Å². The zero-order chi connectivity index (χ0) is 26.3. The Bertz CT molecular complexity index is 1240. The van der Waals surface area contributed by atoms with E-state index in [9.17, 15) is 8.42 Å². The lowest BCUT2D eigenvalue weighted by Crippen LogP contribution is -2.37. The average molecular weight is 529 g/mol. The highest BCUT2D eigenvalue weighted by Gasteiger charge is 2.26. The molecule has 3 aromatic rings. The highest BCUT2D eigenvalue weighted by Crippen LogP contribution is 2.22. The molecule has 0 aliphatic rings. The molecule has 0 atom stereocenters. The highest BCUT2D eigenvalue weighted by molar-refractivity contribution is 7.90. The lowest BCUT2D eigenvalue weighted by Gasteiger charge is -2.28. The Morgan fingerprint density at radius 2 is 1.72 bits per heavy atom. The third-order valence-corrected chi connectivity index (χ3v) is 7.45. The molecule has 1 N–H and O–H groups in total. The number of nitrogens with one attached hydrogen (secondary N) is 1. The van der Waals surface area contributed by atoms with Crippen LogP contribution in [0.5, 0.6) is 5.75 Å². The number of aromatic nitrogens is 2. The van der Waals surface area contributed by atoms with Crippen molar-refractivity contribution in [1.82, 2.24) is 14.5 Å². The van der Waals surface area contributed by atoms with E-state index in [0.29, 0.717) is 30.7 Å². The summed E-state index contributed by atoms with van der Waals surface area (Å²) in [4.78, 5) is 6.46. The first-order valence-electron chi connectivity index (χ1n) is 12.1. The van der Waals surface area contributed by atoms with E-state index >= 15 is 0 Å². The number of benzene rings is 2. The van der Waals surface area contributed by atoms with Crippen molar-refractivity contribution >= 4 is 32.9 Å². The van der Waals surface area contributed by atoms with Gasteiger partial charge >= 0.3 is 0 Å². The smallest absolute Gasteiger partial charge is 0.228 e. The van der Waals surface area contributed by atoms with Gasteiger partial charge in [0.05, 0.1) is 31.3 Å². The number of hydrogen-bond donors (Lipinski definition) is 1. The van der Waals surface area contributed by atoms with Gasteiger partial charge in [-0.2, -0.15) is 0 Å². The normalized spacial score (nSPS) is 11.6. The fraction of sp³-hybridized carbons (Fsp3) is 0.407. The van der Waals surface area contributed by atoms with Gasteiger partial charge in [-0.05, 0) is 53.9 Å². The first kappa shape index (κ1) is 27.7. The fourth-order valence-electron chi connectivity index (χ4n) is 3.92. The number of ether oxygens (including phenoxy) is 1. The predicted octanol–water partition coefficient (Wildman–Crippen LogP) is 5.38. The van der Waals surface area contributed by atoms with Crippen molar-refractivity contribution in [1.29, 1.82) is 0 Å². The van der Waals surface area contributed by atoms with Gasteiger partial charge in [-0.15, -0.1) is 0 Å². The molecule has 0 radical (unpaired) electrons. The molecule has 0 spiro atoms. The van der Waals surface area contributed by atoms with Crippen LogP contribution in [0.3, 0.4) is 0 Å². The summed E-state index contributed by atoms with van der Waals surface area (Å²) in [5, 5.41) is 3.98. The van der Waals surface area contributed by atoms with E-state index in [1.807, 2.05) is 59.2 Å². The van der Waals surface area contributed by atoms with Crippen LogP contribution in [-0.2, 0) is 28.7 Å². The van der Waals surface area contributed by atoms with E-state index in [4.69, 9.17) is 17.0 Å². The van der Waals surface area contributed by atoms with Crippen LogP contribution in [0.25, 0.3) is 0 Å². The van der Waals surface area contributed by atoms with Crippen molar-refractivity contribution in [3.63, 3.8) is 0 Å². The summed E-state index contributed by atoms with van der Waals surface area (Å²) in [5.74, 6) is 1.28. The van der Waals surface area contributed by atoms with E-state index < -0.39 is 9.84 Å². The predicted molar refractivity (Wildman–Crippen MR) is 149 cm³/mol. The maximum Gasteiger partial charge on any atom is 0.228 e. The van der Waals surface area contributed by atoms with E-state index in [-0.39, 0.29) is 16.8 Å². The Morgan fingerprint density at radius 1 is 1.06 bits per heavy atom.